The van der Waals surface area contributed by atoms with Crippen LogP contribution in [0.25, 0.3) is 11.1 Å². The number of oxazole rings is 1. The topological polar surface area (TPSA) is 72.6 Å². The lowest BCUT2D eigenvalue weighted by atomic mass is 10.1. The Bertz CT molecular complexity index is 774. The molecule has 0 aliphatic rings. The third-order valence-corrected chi connectivity index (χ3v) is 3.20. The molecule has 0 spiro atoms. The quantitative estimate of drug-likeness (QED) is 0.794. The van der Waals surface area contributed by atoms with Crippen LogP contribution in [0.5, 0.6) is 5.75 Å². The highest BCUT2D eigenvalue weighted by molar-refractivity contribution is 5.90. The van der Waals surface area contributed by atoms with Crippen molar-refractivity contribution in [2.45, 2.75) is 13.5 Å². The monoisotopic (exact) mass is 283 g/mol. The first-order valence-electron chi connectivity index (χ1n) is 6.45. The highest BCUT2D eigenvalue weighted by Gasteiger charge is 2.12. The molecule has 1 aromatic heterocycles. The molecule has 0 aliphatic heterocycles. The van der Waals surface area contributed by atoms with Crippen molar-refractivity contribution in [1.29, 1.82) is 0 Å². The van der Waals surface area contributed by atoms with Gasteiger partial charge in [0.15, 0.2) is 12.2 Å². The van der Waals surface area contributed by atoms with E-state index in [-0.39, 0.29) is 12.2 Å². The van der Waals surface area contributed by atoms with Crippen molar-refractivity contribution in [1.82, 2.24) is 4.98 Å². The number of carbonyl (C=O) groups is 1. The summed E-state index contributed by atoms with van der Waals surface area (Å²) in [6, 6.07) is 12.4. The second kappa shape index (κ2) is 5.28. The van der Waals surface area contributed by atoms with Crippen LogP contribution in [0.2, 0.25) is 0 Å². The van der Waals surface area contributed by atoms with Crippen LogP contribution in [-0.2, 0) is 6.61 Å². The number of hydrogen-bond acceptors (Lipinski definition) is 4. The minimum atomic E-state index is -0.972. The molecular formula is C16H13NO4. The molecule has 21 heavy (non-hydrogen) atoms. The van der Waals surface area contributed by atoms with Gasteiger partial charge in [0.2, 0.25) is 5.89 Å². The lowest BCUT2D eigenvalue weighted by Gasteiger charge is -2.09. The van der Waals surface area contributed by atoms with E-state index in [4.69, 9.17) is 14.3 Å². The van der Waals surface area contributed by atoms with Crippen LogP contribution in [0.4, 0.5) is 0 Å². The maximum Gasteiger partial charge on any atom is 0.336 e. The van der Waals surface area contributed by atoms with Crippen LogP contribution in [0.1, 0.15) is 21.8 Å². The van der Waals surface area contributed by atoms with Crippen molar-refractivity contribution < 1.29 is 19.1 Å². The first kappa shape index (κ1) is 13.2. The molecule has 0 saturated carbocycles. The summed E-state index contributed by atoms with van der Waals surface area (Å²) in [5.41, 5.74) is 2.28. The van der Waals surface area contributed by atoms with E-state index >= 15 is 0 Å². The van der Waals surface area contributed by atoms with Crippen molar-refractivity contribution in [3.05, 3.63) is 59.5 Å². The van der Waals surface area contributed by atoms with Crippen LogP contribution >= 0.6 is 0 Å². The smallest absolute Gasteiger partial charge is 0.336 e. The molecule has 0 amide bonds. The number of nitrogens with zero attached hydrogens (tertiary/aromatic N) is 1. The van der Waals surface area contributed by atoms with E-state index in [0.29, 0.717) is 22.8 Å². The predicted octanol–water partition coefficient (Wildman–Crippen LogP) is 3.41. The van der Waals surface area contributed by atoms with Gasteiger partial charge in [-0.15, -0.1) is 0 Å². The third-order valence-electron chi connectivity index (χ3n) is 3.20. The van der Waals surface area contributed by atoms with Gasteiger partial charge in [0.25, 0.3) is 0 Å². The first-order chi connectivity index (χ1) is 10.1. The van der Waals surface area contributed by atoms with Gasteiger partial charge in [-0.25, -0.2) is 9.78 Å². The second-order valence-corrected chi connectivity index (χ2v) is 4.60. The minimum absolute atomic E-state index is 0.151. The lowest BCUT2D eigenvalue weighted by Crippen LogP contribution is -2.03. The highest BCUT2D eigenvalue weighted by atomic mass is 16.5. The molecule has 0 saturated heterocycles. The summed E-state index contributed by atoms with van der Waals surface area (Å²) >= 11 is 0. The van der Waals surface area contributed by atoms with E-state index < -0.39 is 5.97 Å². The Labute approximate surface area is 120 Å². The minimum Gasteiger partial charge on any atom is -0.484 e. The van der Waals surface area contributed by atoms with Gasteiger partial charge in [-0.2, -0.15) is 0 Å². The van der Waals surface area contributed by atoms with E-state index in [1.807, 2.05) is 24.3 Å². The third kappa shape index (κ3) is 2.58. The van der Waals surface area contributed by atoms with Crippen molar-refractivity contribution in [2.24, 2.45) is 0 Å². The zero-order chi connectivity index (χ0) is 14.8. The maximum absolute atomic E-state index is 11.1. The maximum atomic E-state index is 11.1. The second-order valence-electron chi connectivity index (χ2n) is 4.60. The fourth-order valence-electron chi connectivity index (χ4n) is 2.12. The number of carboxylic acids is 1. The SMILES string of the molecule is Cc1c(OCc2nc3ccccc3o2)cccc1C(=O)O. The first-order valence-corrected chi connectivity index (χ1v) is 6.45. The van der Waals surface area contributed by atoms with E-state index in [1.54, 1.807) is 25.1 Å². The van der Waals surface area contributed by atoms with Gasteiger partial charge in [-0.3, -0.25) is 0 Å². The highest BCUT2D eigenvalue weighted by Crippen LogP contribution is 2.23. The van der Waals surface area contributed by atoms with Gasteiger partial charge >= 0.3 is 5.97 Å². The fourth-order valence-corrected chi connectivity index (χ4v) is 2.12. The Balaban J connectivity index is 1.81. The van der Waals surface area contributed by atoms with Gasteiger partial charge in [0.1, 0.15) is 11.3 Å². The van der Waals surface area contributed by atoms with Crippen LogP contribution < -0.4 is 4.74 Å². The molecular weight excluding hydrogens is 270 g/mol. The zero-order valence-electron chi connectivity index (χ0n) is 11.4. The number of benzene rings is 2. The molecule has 1 heterocycles. The van der Waals surface area contributed by atoms with Crippen molar-refractivity contribution >= 4 is 17.1 Å². The predicted molar refractivity (Wildman–Crippen MR) is 76.5 cm³/mol. The van der Waals surface area contributed by atoms with E-state index in [9.17, 15) is 4.79 Å². The molecule has 0 fully saturated rings. The van der Waals surface area contributed by atoms with E-state index in [0.717, 1.165) is 5.52 Å². The molecule has 3 rings (SSSR count). The number of ether oxygens (including phenoxy) is 1. The van der Waals surface area contributed by atoms with Crippen LogP contribution in [0.3, 0.4) is 0 Å². The Morgan fingerprint density at radius 2 is 2.05 bits per heavy atom. The van der Waals surface area contributed by atoms with Crippen molar-refractivity contribution in [3.63, 3.8) is 0 Å². The number of carboxylic acid groups (broad SMARTS) is 1. The molecule has 0 radical (unpaired) electrons. The fraction of sp³-hybridized carbons (Fsp3) is 0.125. The molecule has 5 heteroatoms. The molecule has 0 aliphatic carbocycles. The van der Waals surface area contributed by atoms with Crippen LogP contribution in [0.15, 0.2) is 46.9 Å². The van der Waals surface area contributed by atoms with Gasteiger partial charge in [-0.1, -0.05) is 18.2 Å². The van der Waals surface area contributed by atoms with Gasteiger partial charge in [0.05, 0.1) is 5.56 Å². The molecule has 2 aromatic carbocycles. The Hall–Kier alpha value is -2.82. The molecule has 3 aromatic rings. The summed E-state index contributed by atoms with van der Waals surface area (Å²) in [4.78, 5) is 15.4. The number of para-hydroxylation sites is 2. The standard InChI is InChI=1S/C16H13NO4/c1-10-11(16(18)19)5-4-8-13(10)20-9-15-17-12-6-2-3-7-14(12)21-15/h2-8H,9H2,1H3,(H,18,19). The number of rotatable bonds is 4. The van der Waals surface area contributed by atoms with Gasteiger partial charge in [-0.05, 0) is 31.2 Å². The number of hydrogen-bond donors (Lipinski definition) is 1. The Morgan fingerprint density at radius 3 is 2.81 bits per heavy atom. The van der Waals surface area contributed by atoms with E-state index in [2.05, 4.69) is 4.98 Å². The number of aromatic carboxylic acids is 1. The summed E-state index contributed by atoms with van der Waals surface area (Å²) in [5.74, 6) is -0.00621. The normalized spacial score (nSPS) is 10.7. The Kier molecular flexibility index (Phi) is 3.31. The molecule has 0 unspecified atom stereocenters. The summed E-state index contributed by atoms with van der Waals surface area (Å²) in [7, 11) is 0. The van der Waals surface area contributed by atoms with Gasteiger partial charge in [0, 0.05) is 5.56 Å². The summed E-state index contributed by atoms with van der Waals surface area (Å²) in [5, 5.41) is 9.08. The number of aromatic nitrogens is 1. The zero-order valence-corrected chi connectivity index (χ0v) is 11.4. The van der Waals surface area contributed by atoms with Crippen molar-refractivity contribution in [3.8, 4) is 5.75 Å². The average Bonchev–Trinajstić information content (AvgIpc) is 2.88. The lowest BCUT2D eigenvalue weighted by molar-refractivity contribution is 0.0695. The van der Waals surface area contributed by atoms with Crippen LogP contribution in [0, 0.1) is 6.92 Å². The number of fused-ring (bicyclic) bond motifs is 1. The van der Waals surface area contributed by atoms with E-state index in [1.165, 1.54) is 0 Å². The van der Waals surface area contributed by atoms with Crippen LogP contribution in [-0.4, -0.2) is 16.1 Å². The summed E-state index contributed by atoms with van der Waals surface area (Å²) in [6.07, 6.45) is 0. The summed E-state index contributed by atoms with van der Waals surface area (Å²) < 4.78 is 11.2. The molecule has 0 atom stereocenters. The molecule has 1 N–H and O–H groups in total. The van der Waals surface area contributed by atoms with Gasteiger partial charge < -0.3 is 14.3 Å². The largest absolute Gasteiger partial charge is 0.484 e. The summed E-state index contributed by atoms with van der Waals surface area (Å²) in [6.45, 7) is 1.86. The molecule has 106 valence electrons. The van der Waals surface area contributed by atoms with Crippen molar-refractivity contribution in [2.75, 3.05) is 0 Å². The molecule has 0 bridgehead atoms. The average molecular weight is 283 g/mol. The molecule has 5 nitrogen and oxygen atoms in total. The Morgan fingerprint density at radius 1 is 1.24 bits per heavy atom.